The summed E-state index contributed by atoms with van der Waals surface area (Å²) in [5.41, 5.74) is -0.458. The van der Waals surface area contributed by atoms with Crippen molar-refractivity contribution in [1.82, 2.24) is 9.88 Å². The third kappa shape index (κ3) is 3.40. The number of aromatic nitrogens is 1. The maximum Gasteiger partial charge on any atom is 0.323 e. The van der Waals surface area contributed by atoms with Gasteiger partial charge < -0.3 is 15.0 Å². The molecular formula is C11H14Cl2N2O3. The molecule has 0 spiro atoms. The summed E-state index contributed by atoms with van der Waals surface area (Å²) in [5, 5.41) is 9.23. The normalized spacial score (nSPS) is 11.4. The Balaban J connectivity index is 3.06. The Bertz CT molecular complexity index is 458. The summed E-state index contributed by atoms with van der Waals surface area (Å²) in [7, 11) is 0. The minimum Gasteiger partial charge on any atom is -0.480 e. The van der Waals surface area contributed by atoms with E-state index in [1.165, 1.54) is 11.0 Å². The van der Waals surface area contributed by atoms with E-state index in [1.807, 2.05) is 0 Å². The highest BCUT2D eigenvalue weighted by Gasteiger charge is 2.30. The second-order valence-electron chi connectivity index (χ2n) is 4.80. The van der Waals surface area contributed by atoms with Gasteiger partial charge in [-0.05, 0) is 26.8 Å². The summed E-state index contributed by atoms with van der Waals surface area (Å²) >= 11 is 11.5. The standard InChI is InChI=1S/C11H14Cl2N2O3/c1-11(2,3)15(5-8(16)17)10(18)7-4-6(12)9(13)14-7/h4,14H,5H2,1-3H3,(H,16,17). The summed E-state index contributed by atoms with van der Waals surface area (Å²) < 4.78 is 0. The summed E-state index contributed by atoms with van der Waals surface area (Å²) in [6, 6.07) is 1.38. The number of H-pyrrole nitrogens is 1. The molecule has 0 bridgehead atoms. The van der Waals surface area contributed by atoms with Crippen molar-refractivity contribution in [1.29, 1.82) is 0 Å². The first-order valence-electron chi connectivity index (χ1n) is 5.20. The molecule has 0 saturated heterocycles. The van der Waals surface area contributed by atoms with Gasteiger partial charge in [0.25, 0.3) is 5.91 Å². The highest BCUT2D eigenvalue weighted by atomic mass is 35.5. The number of hydrogen-bond donors (Lipinski definition) is 2. The van der Waals surface area contributed by atoms with Crippen LogP contribution in [0.3, 0.4) is 0 Å². The molecule has 1 aromatic rings. The molecule has 0 radical (unpaired) electrons. The van der Waals surface area contributed by atoms with Crippen molar-refractivity contribution >= 4 is 35.1 Å². The summed E-state index contributed by atoms with van der Waals surface area (Å²) in [4.78, 5) is 26.9. The smallest absolute Gasteiger partial charge is 0.323 e. The molecule has 0 unspecified atom stereocenters. The second-order valence-corrected chi connectivity index (χ2v) is 5.59. The van der Waals surface area contributed by atoms with Crippen LogP contribution in [0.5, 0.6) is 0 Å². The highest BCUT2D eigenvalue weighted by molar-refractivity contribution is 6.41. The van der Waals surface area contributed by atoms with Gasteiger partial charge in [0.05, 0.1) is 5.02 Å². The topological polar surface area (TPSA) is 73.4 Å². The van der Waals surface area contributed by atoms with Crippen molar-refractivity contribution in [3.05, 3.63) is 21.9 Å². The van der Waals surface area contributed by atoms with E-state index in [9.17, 15) is 9.59 Å². The minimum atomic E-state index is -1.08. The number of nitrogens with one attached hydrogen (secondary N) is 1. The van der Waals surface area contributed by atoms with E-state index < -0.39 is 24.0 Å². The summed E-state index contributed by atoms with van der Waals surface area (Å²) in [6.45, 7) is 4.86. The Morgan fingerprint density at radius 1 is 1.39 bits per heavy atom. The van der Waals surface area contributed by atoms with Gasteiger partial charge in [-0.1, -0.05) is 23.2 Å². The molecule has 1 rings (SSSR count). The number of hydrogen-bond acceptors (Lipinski definition) is 2. The third-order valence-electron chi connectivity index (χ3n) is 2.30. The van der Waals surface area contributed by atoms with Crippen LogP contribution in [0, 0.1) is 0 Å². The van der Waals surface area contributed by atoms with E-state index in [0.717, 1.165) is 0 Å². The Labute approximate surface area is 115 Å². The lowest BCUT2D eigenvalue weighted by Crippen LogP contribution is -2.48. The van der Waals surface area contributed by atoms with Crippen LogP contribution in [0.2, 0.25) is 10.2 Å². The van der Waals surface area contributed by atoms with Crippen LogP contribution in [0.1, 0.15) is 31.3 Å². The van der Waals surface area contributed by atoms with E-state index in [1.54, 1.807) is 20.8 Å². The SMILES string of the molecule is CC(C)(C)N(CC(=O)O)C(=O)c1cc(Cl)c(Cl)[nH]1. The highest BCUT2D eigenvalue weighted by Crippen LogP contribution is 2.24. The van der Waals surface area contributed by atoms with E-state index in [2.05, 4.69) is 4.98 Å². The predicted molar refractivity (Wildman–Crippen MR) is 69.2 cm³/mol. The molecule has 5 nitrogen and oxygen atoms in total. The van der Waals surface area contributed by atoms with Crippen LogP contribution in [0.25, 0.3) is 0 Å². The molecule has 1 heterocycles. The van der Waals surface area contributed by atoms with Gasteiger partial charge in [-0.3, -0.25) is 9.59 Å². The van der Waals surface area contributed by atoms with Gasteiger partial charge in [0.2, 0.25) is 0 Å². The Morgan fingerprint density at radius 3 is 2.28 bits per heavy atom. The molecule has 7 heteroatoms. The largest absolute Gasteiger partial charge is 0.480 e. The van der Waals surface area contributed by atoms with Crippen LogP contribution < -0.4 is 0 Å². The summed E-state index contributed by atoms with van der Waals surface area (Å²) in [6.07, 6.45) is 0. The number of aromatic amines is 1. The second kappa shape index (κ2) is 5.20. The number of rotatable bonds is 3. The van der Waals surface area contributed by atoms with Gasteiger partial charge in [-0.2, -0.15) is 0 Å². The van der Waals surface area contributed by atoms with Crippen molar-refractivity contribution in [2.45, 2.75) is 26.3 Å². The molecule has 0 aliphatic carbocycles. The van der Waals surface area contributed by atoms with Crippen LogP contribution in [0.4, 0.5) is 0 Å². The first-order chi connectivity index (χ1) is 8.12. The monoisotopic (exact) mass is 292 g/mol. The van der Waals surface area contributed by atoms with E-state index in [-0.39, 0.29) is 15.9 Å². The molecular weight excluding hydrogens is 279 g/mol. The zero-order chi connectivity index (χ0) is 14.1. The van der Waals surface area contributed by atoms with Crippen LogP contribution in [0.15, 0.2) is 6.07 Å². The van der Waals surface area contributed by atoms with Crippen LogP contribution >= 0.6 is 23.2 Å². The van der Waals surface area contributed by atoms with Gasteiger partial charge >= 0.3 is 5.97 Å². The predicted octanol–water partition coefficient (Wildman–Crippen LogP) is 2.65. The van der Waals surface area contributed by atoms with Crippen molar-refractivity contribution in [3.63, 3.8) is 0 Å². The molecule has 100 valence electrons. The van der Waals surface area contributed by atoms with Crippen molar-refractivity contribution in [3.8, 4) is 0 Å². The number of carbonyl (C=O) groups is 2. The number of aliphatic carboxylic acids is 1. The number of nitrogens with zero attached hydrogens (tertiary/aromatic N) is 1. The Kier molecular flexibility index (Phi) is 4.29. The first-order valence-corrected chi connectivity index (χ1v) is 5.96. The van der Waals surface area contributed by atoms with Crippen molar-refractivity contribution in [2.24, 2.45) is 0 Å². The summed E-state index contributed by atoms with van der Waals surface area (Å²) in [5.74, 6) is -1.54. The fourth-order valence-corrected chi connectivity index (χ4v) is 1.73. The number of carboxylic acids is 1. The molecule has 0 atom stereocenters. The van der Waals surface area contributed by atoms with E-state index >= 15 is 0 Å². The molecule has 0 aromatic carbocycles. The average molecular weight is 293 g/mol. The average Bonchev–Trinajstić information content (AvgIpc) is 2.53. The molecule has 1 amide bonds. The molecule has 18 heavy (non-hydrogen) atoms. The van der Waals surface area contributed by atoms with Gasteiger partial charge in [0.1, 0.15) is 17.4 Å². The lowest BCUT2D eigenvalue weighted by Gasteiger charge is -2.34. The number of carboxylic acid groups (broad SMARTS) is 1. The fourth-order valence-electron chi connectivity index (χ4n) is 1.41. The maximum absolute atomic E-state index is 12.2. The van der Waals surface area contributed by atoms with E-state index in [4.69, 9.17) is 28.3 Å². The van der Waals surface area contributed by atoms with Crippen molar-refractivity contribution in [2.75, 3.05) is 6.54 Å². The third-order valence-corrected chi connectivity index (χ3v) is 3.00. The molecule has 0 aliphatic heterocycles. The first kappa shape index (κ1) is 14.9. The molecule has 2 N–H and O–H groups in total. The minimum absolute atomic E-state index is 0.157. The number of halogens is 2. The van der Waals surface area contributed by atoms with Gasteiger partial charge in [-0.25, -0.2) is 0 Å². The number of carbonyl (C=O) groups excluding carboxylic acids is 1. The van der Waals surface area contributed by atoms with Crippen LogP contribution in [-0.4, -0.2) is 39.0 Å². The Hall–Kier alpha value is -1.20. The molecule has 0 saturated carbocycles. The zero-order valence-corrected chi connectivity index (χ0v) is 11.8. The van der Waals surface area contributed by atoms with Gasteiger partial charge in [-0.15, -0.1) is 0 Å². The van der Waals surface area contributed by atoms with Gasteiger partial charge in [0.15, 0.2) is 0 Å². The molecule has 0 fully saturated rings. The van der Waals surface area contributed by atoms with Gasteiger partial charge in [0, 0.05) is 5.54 Å². The van der Waals surface area contributed by atoms with E-state index in [0.29, 0.717) is 0 Å². The lowest BCUT2D eigenvalue weighted by molar-refractivity contribution is -0.138. The molecule has 0 aliphatic rings. The van der Waals surface area contributed by atoms with Crippen LogP contribution in [-0.2, 0) is 4.79 Å². The lowest BCUT2D eigenvalue weighted by atomic mass is 10.1. The maximum atomic E-state index is 12.2. The fraction of sp³-hybridized carbons (Fsp3) is 0.455. The quantitative estimate of drug-likeness (QED) is 0.899. The number of amides is 1. The molecule has 1 aromatic heterocycles. The Morgan fingerprint density at radius 2 is 1.94 bits per heavy atom. The van der Waals surface area contributed by atoms with Crippen molar-refractivity contribution < 1.29 is 14.7 Å². The zero-order valence-electron chi connectivity index (χ0n) is 10.3.